The second-order valence-electron chi connectivity index (χ2n) is 4.86. The van der Waals surface area contributed by atoms with E-state index in [1.807, 2.05) is 36.4 Å². The van der Waals surface area contributed by atoms with Gasteiger partial charge in [-0.15, -0.1) is 5.10 Å². The Morgan fingerprint density at radius 1 is 1.05 bits per heavy atom. The third-order valence-electron chi connectivity index (χ3n) is 3.66. The minimum atomic E-state index is -0.106. The Bertz CT molecular complexity index is 814. The highest BCUT2D eigenvalue weighted by atomic mass is 32.1. The molecule has 0 radical (unpaired) electrons. The molecule has 0 atom stereocenters. The molecule has 0 N–H and O–H groups in total. The molecule has 0 spiro atoms. The molecular weight excluding hydrogens is 282 g/mol. The summed E-state index contributed by atoms with van der Waals surface area (Å²) in [5, 5.41) is 5.58. The molecule has 1 aromatic heterocycles. The largest absolute Gasteiger partial charge is 0.302 e. The Hall–Kier alpha value is -2.53. The van der Waals surface area contributed by atoms with Gasteiger partial charge in [-0.3, -0.25) is 4.79 Å². The van der Waals surface area contributed by atoms with Crippen molar-refractivity contribution in [3.8, 4) is 11.1 Å². The number of carbonyl (C=O) groups excluding carboxylic acids is 1. The van der Waals surface area contributed by atoms with Gasteiger partial charge in [-0.25, -0.2) is 0 Å². The van der Waals surface area contributed by atoms with E-state index in [-0.39, 0.29) is 5.91 Å². The highest BCUT2D eigenvalue weighted by Crippen LogP contribution is 2.39. The van der Waals surface area contributed by atoms with Crippen LogP contribution in [0.25, 0.3) is 11.1 Å². The topological polar surface area (TPSA) is 46.1 Å². The highest BCUT2D eigenvalue weighted by molar-refractivity contribution is 7.03. The lowest BCUT2D eigenvalue weighted by atomic mass is 9.93. The van der Waals surface area contributed by atoms with Crippen LogP contribution < -0.4 is 4.90 Å². The zero-order chi connectivity index (χ0) is 14.2. The smallest absolute Gasteiger partial charge is 0.280 e. The van der Waals surface area contributed by atoms with E-state index in [4.69, 9.17) is 0 Å². The Labute approximate surface area is 125 Å². The van der Waals surface area contributed by atoms with E-state index < -0.39 is 0 Å². The van der Waals surface area contributed by atoms with Gasteiger partial charge >= 0.3 is 0 Å². The molecule has 0 saturated carbocycles. The van der Waals surface area contributed by atoms with Crippen LogP contribution in [0, 0.1) is 0 Å². The van der Waals surface area contributed by atoms with Crippen LogP contribution in [0.5, 0.6) is 0 Å². The summed E-state index contributed by atoms with van der Waals surface area (Å²) in [6.07, 6.45) is 0. The molecule has 0 aliphatic carbocycles. The van der Waals surface area contributed by atoms with Crippen LogP contribution in [0.2, 0.25) is 0 Å². The van der Waals surface area contributed by atoms with Crippen molar-refractivity contribution in [2.45, 2.75) is 6.54 Å². The lowest BCUT2D eigenvalue weighted by molar-refractivity contribution is 0.0980. The summed E-state index contributed by atoms with van der Waals surface area (Å²) in [5.74, 6) is -0.106. The molecule has 3 aromatic rings. The number of amides is 1. The summed E-state index contributed by atoms with van der Waals surface area (Å²) in [7, 11) is 0. The summed E-state index contributed by atoms with van der Waals surface area (Å²) >= 11 is 1.19. The number of hydrogen-bond acceptors (Lipinski definition) is 4. The van der Waals surface area contributed by atoms with Crippen molar-refractivity contribution in [1.29, 1.82) is 0 Å². The zero-order valence-corrected chi connectivity index (χ0v) is 11.9. The fraction of sp³-hybridized carbons (Fsp3) is 0.0625. The third kappa shape index (κ3) is 1.94. The molecule has 2 heterocycles. The second-order valence-corrected chi connectivity index (χ2v) is 5.47. The lowest BCUT2D eigenvalue weighted by Gasteiger charge is -2.30. The average Bonchev–Trinajstić information content (AvgIpc) is 3.08. The lowest BCUT2D eigenvalue weighted by Crippen LogP contribution is -2.33. The molecule has 0 bridgehead atoms. The Kier molecular flexibility index (Phi) is 2.79. The van der Waals surface area contributed by atoms with E-state index in [0.717, 1.165) is 16.8 Å². The number of anilines is 1. The van der Waals surface area contributed by atoms with Crippen LogP contribution in [-0.4, -0.2) is 15.5 Å². The number of aromatic nitrogens is 2. The molecule has 21 heavy (non-hydrogen) atoms. The van der Waals surface area contributed by atoms with Crippen molar-refractivity contribution in [2.75, 3.05) is 4.90 Å². The zero-order valence-electron chi connectivity index (χ0n) is 11.1. The molecule has 1 amide bonds. The number of rotatable bonds is 1. The van der Waals surface area contributed by atoms with Crippen LogP contribution >= 0.6 is 11.5 Å². The van der Waals surface area contributed by atoms with Crippen molar-refractivity contribution >= 4 is 23.1 Å². The van der Waals surface area contributed by atoms with Crippen LogP contribution in [0.4, 0.5) is 5.69 Å². The van der Waals surface area contributed by atoms with E-state index in [1.165, 1.54) is 17.1 Å². The molecule has 1 aliphatic rings. The van der Waals surface area contributed by atoms with Crippen molar-refractivity contribution in [2.24, 2.45) is 0 Å². The Morgan fingerprint density at radius 3 is 2.62 bits per heavy atom. The summed E-state index contributed by atoms with van der Waals surface area (Å²) in [6, 6.07) is 16.2. The molecule has 102 valence electrons. The number of nitrogens with zero attached hydrogens (tertiary/aromatic N) is 3. The van der Waals surface area contributed by atoms with Gasteiger partial charge in [0.15, 0.2) is 5.69 Å². The van der Waals surface area contributed by atoms with Crippen LogP contribution in [0.15, 0.2) is 53.9 Å². The minimum absolute atomic E-state index is 0.106. The predicted octanol–water partition coefficient (Wildman–Crippen LogP) is 3.37. The van der Waals surface area contributed by atoms with E-state index in [0.29, 0.717) is 12.2 Å². The average molecular weight is 293 g/mol. The normalized spacial score (nSPS) is 12.7. The number of carbonyl (C=O) groups is 1. The number of benzene rings is 2. The molecule has 0 fully saturated rings. The molecule has 2 aromatic carbocycles. The quantitative estimate of drug-likeness (QED) is 0.691. The maximum atomic E-state index is 12.7. The molecule has 0 unspecified atom stereocenters. The monoisotopic (exact) mass is 293 g/mol. The number of para-hydroxylation sites is 1. The van der Waals surface area contributed by atoms with Crippen LogP contribution in [-0.2, 0) is 6.54 Å². The Balaban J connectivity index is 1.87. The first-order chi connectivity index (χ1) is 10.3. The molecule has 0 saturated heterocycles. The fourth-order valence-electron chi connectivity index (χ4n) is 2.69. The second kappa shape index (κ2) is 4.79. The summed E-state index contributed by atoms with van der Waals surface area (Å²) in [6.45, 7) is 0.559. The summed E-state index contributed by atoms with van der Waals surface area (Å²) < 4.78 is 3.78. The molecule has 4 rings (SSSR count). The van der Waals surface area contributed by atoms with Crippen LogP contribution in [0.3, 0.4) is 0 Å². The van der Waals surface area contributed by atoms with Crippen molar-refractivity contribution in [3.05, 3.63) is 65.2 Å². The van der Waals surface area contributed by atoms with E-state index >= 15 is 0 Å². The highest BCUT2D eigenvalue weighted by Gasteiger charge is 2.27. The molecular formula is C16H11N3OS. The van der Waals surface area contributed by atoms with Gasteiger partial charge in [0.25, 0.3) is 5.91 Å². The van der Waals surface area contributed by atoms with Gasteiger partial charge in [-0.2, -0.15) is 0 Å². The van der Waals surface area contributed by atoms with Crippen molar-refractivity contribution in [3.63, 3.8) is 0 Å². The van der Waals surface area contributed by atoms with Gasteiger partial charge < -0.3 is 4.90 Å². The minimum Gasteiger partial charge on any atom is -0.302 e. The number of fused-ring (bicyclic) bond motifs is 3. The van der Waals surface area contributed by atoms with Gasteiger partial charge in [-0.1, -0.05) is 47.0 Å². The van der Waals surface area contributed by atoms with Gasteiger partial charge in [-0.05, 0) is 28.7 Å². The fourth-order valence-corrected chi connectivity index (χ4v) is 3.12. The van der Waals surface area contributed by atoms with E-state index in [1.54, 1.807) is 10.3 Å². The van der Waals surface area contributed by atoms with Gasteiger partial charge in [0.2, 0.25) is 0 Å². The first-order valence-corrected chi connectivity index (χ1v) is 7.44. The Morgan fingerprint density at radius 2 is 1.81 bits per heavy atom. The van der Waals surface area contributed by atoms with E-state index in [9.17, 15) is 4.79 Å². The first kappa shape index (κ1) is 12.2. The number of hydrogen-bond donors (Lipinski definition) is 0. The molecule has 4 nitrogen and oxygen atoms in total. The van der Waals surface area contributed by atoms with E-state index in [2.05, 4.69) is 21.7 Å². The van der Waals surface area contributed by atoms with Crippen molar-refractivity contribution < 1.29 is 4.79 Å². The van der Waals surface area contributed by atoms with Gasteiger partial charge in [0.05, 0.1) is 12.2 Å². The predicted molar refractivity (Wildman–Crippen MR) is 82.3 cm³/mol. The van der Waals surface area contributed by atoms with Gasteiger partial charge in [0, 0.05) is 10.9 Å². The standard InChI is InChI=1S/C16H11N3OS/c20-16(14-10-21-18-17-14)19-9-11-5-1-2-6-12(11)13-7-3-4-8-15(13)19/h1-8,10H,9H2. The third-order valence-corrected chi connectivity index (χ3v) is 4.16. The summed E-state index contributed by atoms with van der Waals surface area (Å²) in [4.78, 5) is 14.4. The maximum absolute atomic E-state index is 12.7. The first-order valence-electron chi connectivity index (χ1n) is 6.61. The SMILES string of the molecule is O=C(c1csnn1)N1Cc2ccccc2-c2ccccc21. The molecule has 5 heteroatoms. The van der Waals surface area contributed by atoms with Crippen LogP contribution in [0.1, 0.15) is 16.1 Å². The summed E-state index contributed by atoms with van der Waals surface area (Å²) in [5.41, 5.74) is 4.74. The van der Waals surface area contributed by atoms with Gasteiger partial charge in [0.1, 0.15) is 0 Å². The van der Waals surface area contributed by atoms with Crippen molar-refractivity contribution in [1.82, 2.24) is 9.59 Å². The maximum Gasteiger partial charge on any atom is 0.280 e. The molecule has 1 aliphatic heterocycles.